The van der Waals surface area contributed by atoms with Gasteiger partial charge >= 0.3 is 6.18 Å². The van der Waals surface area contributed by atoms with E-state index in [1.54, 1.807) is 11.3 Å². The summed E-state index contributed by atoms with van der Waals surface area (Å²) in [5.74, 6) is -4.40. The molecule has 0 amide bonds. The molecular formula is C25H26F5N3OS. The monoisotopic (exact) mass is 511 g/mol. The van der Waals surface area contributed by atoms with Crippen LogP contribution in [-0.4, -0.2) is 58.2 Å². The number of benzene rings is 2. The second kappa shape index (κ2) is 9.93. The molecule has 4 nitrogen and oxygen atoms in total. The molecule has 0 bridgehead atoms. The van der Waals surface area contributed by atoms with E-state index in [1.165, 1.54) is 17.0 Å². The quantitative estimate of drug-likeness (QED) is 0.424. The fourth-order valence-corrected chi connectivity index (χ4v) is 4.91. The van der Waals surface area contributed by atoms with E-state index in [9.17, 15) is 27.1 Å². The number of hydrogen-bond acceptors (Lipinski definition) is 5. The highest BCUT2D eigenvalue weighted by atomic mass is 32.1. The number of halogens is 5. The van der Waals surface area contributed by atoms with Gasteiger partial charge in [0.25, 0.3) is 5.92 Å². The zero-order valence-electron chi connectivity index (χ0n) is 19.1. The van der Waals surface area contributed by atoms with Crippen LogP contribution in [0.15, 0.2) is 60.2 Å². The van der Waals surface area contributed by atoms with Crippen molar-refractivity contribution in [3.8, 4) is 11.1 Å². The van der Waals surface area contributed by atoms with Crippen LogP contribution in [0.2, 0.25) is 0 Å². The molecule has 1 N–H and O–H groups in total. The number of nitrogens with zero attached hydrogens (tertiary/aromatic N) is 3. The Morgan fingerprint density at radius 3 is 1.80 bits per heavy atom. The third-order valence-corrected chi connectivity index (χ3v) is 7.13. The number of rotatable bonds is 7. The minimum absolute atomic E-state index is 0.0637. The van der Waals surface area contributed by atoms with E-state index in [0.29, 0.717) is 5.56 Å². The Hall–Kier alpha value is -2.40. The average Bonchev–Trinajstić information content (AvgIpc) is 3.32. The van der Waals surface area contributed by atoms with Crippen molar-refractivity contribution in [2.75, 3.05) is 26.2 Å². The summed E-state index contributed by atoms with van der Waals surface area (Å²) in [5.41, 5.74) is -0.886. The number of aromatic nitrogens is 1. The smallest absolute Gasteiger partial charge is 0.372 e. The lowest BCUT2D eigenvalue weighted by Crippen LogP contribution is -2.54. The van der Waals surface area contributed by atoms with Crippen LogP contribution in [0.4, 0.5) is 22.0 Å². The van der Waals surface area contributed by atoms with Crippen LogP contribution in [0.25, 0.3) is 11.1 Å². The van der Waals surface area contributed by atoms with Crippen LogP contribution in [0.3, 0.4) is 0 Å². The summed E-state index contributed by atoms with van der Waals surface area (Å²) in [6.07, 6.45) is -3.62. The van der Waals surface area contributed by atoms with Gasteiger partial charge in [0.15, 0.2) is 0 Å². The van der Waals surface area contributed by atoms with Crippen LogP contribution in [-0.2, 0) is 18.7 Å². The molecule has 0 spiro atoms. The average molecular weight is 512 g/mol. The van der Waals surface area contributed by atoms with Gasteiger partial charge in [-0.3, -0.25) is 14.8 Å². The van der Waals surface area contributed by atoms with Gasteiger partial charge < -0.3 is 5.11 Å². The van der Waals surface area contributed by atoms with Crippen LogP contribution in [0, 0.1) is 0 Å². The largest absolute Gasteiger partial charge is 0.427 e. The molecule has 0 saturated carbocycles. The Balaban J connectivity index is 1.38. The molecule has 2 aromatic carbocycles. The Morgan fingerprint density at radius 1 is 0.829 bits per heavy atom. The molecular weight excluding hydrogens is 485 g/mol. The summed E-state index contributed by atoms with van der Waals surface area (Å²) in [6, 6.07) is 12.1. The first-order chi connectivity index (χ1) is 16.5. The van der Waals surface area contributed by atoms with E-state index in [4.69, 9.17) is 0 Å². The standard InChI is InChI=1S/C25H26F5N3OS/c1-23(26,27)24(34,25(28,29)30)21-8-6-20(7-9-21)19-4-2-18(3-5-19)15-32-10-12-33(13-11-32)16-22-14-31-17-35-22/h2-9,14,17,34H,10-13,15-16H2,1H3. The lowest BCUT2D eigenvalue weighted by molar-refractivity contribution is -0.335. The van der Waals surface area contributed by atoms with Gasteiger partial charge in [0.05, 0.1) is 5.51 Å². The van der Waals surface area contributed by atoms with Crippen molar-refractivity contribution in [1.82, 2.24) is 14.8 Å². The van der Waals surface area contributed by atoms with Crippen molar-refractivity contribution in [3.05, 3.63) is 76.2 Å². The molecule has 1 saturated heterocycles. The van der Waals surface area contributed by atoms with Crippen molar-refractivity contribution in [2.45, 2.75) is 37.7 Å². The highest BCUT2D eigenvalue weighted by Gasteiger charge is 2.67. The molecule has 188 valence electrons. The molecule has 1 aliphatic heterocycles. The normalized spacial score (nSPS) is 17.9. The van der Waals surface area contributed by atoms with E-state index >= 15 is 0 Å². The van der Waals surface area contributed by atoms with Crippen LogP contribution in [0.5, 0.6) is 0 Å². The third-order valence-electron chi connectivity index (χ3n) is 6.37. The summed E-state index contributed by atoms with van der Waals surface area (Å²) in [4.78, 5) is 10.2. The molecule has 1 fully saturated rings. The first kappa shape index (κ1) is 25.7. The molecule has 0 radical (unpaired) electrons. The van der Waals surface area contributed by atoms with Gasteiger partial charge in [0, 0.05) is 57.3 Å². The molecule has 0 aliphatic carbocycles. The van der Waals surface area contributed by atoms with Gasteiger partial charge in [0.2, 0.25) is 5.60 Å². The third kappa shape index (κ3) is 5.55. The number of thiazole rings is 1. The number of hydrogen-bond donors (Lipinski definition) is 1. The molecule has 2 heterocycles. The van der Waals surface area contributed by atoms with E-state index in [0.717, 1.165) is 62.5 Å². The van der Waals surface area contributed by atoms with Gasteiger partial charge in [-0.05, 0) is 22.3 Å². The summed E-state index contributed by atoms with van der Waals surface area (Å²) in [5, 5.41) is 9.90. The Morgan fingerprint density at radius 2 is 1.34 bits per heavy atom. The Kier molecular flexibility index (Phi) is 7.28. The maximum atomic E-state index is 13.7. The van der Waals surface area contributed by atoms with Gasteiger partial charge in [-0.1, -0.05) is 48.5 Å². The number of piperazine rings is 1. The van der Waals surface area contributed by atoms with Crippen molar-refractivity contribution in [3.63, 3.8) is 0 Å². The van der Waals surface area contributed by atoms with Gasteiger partial charge in [0.1, 0.15) is 0 Å². The summed E-state index contributed by atoms with van der Waals surface area (Å²) in [7, 11) is 0. The summed E-state index contributed by atoms with van der Waals surface area (Å²) >= 11 is 1.66. The molecule has 1 aliphatic rings. The fraction of sp³-hybridized carbons (Fsp3) is 0.400. The SMILES string of the molecule is CC(F)(F)C(O)(c1ccc(-c2ccc(CN3CCN(Cc4cncs4)CC3)cc2)cc1)C(F)(F)F. The second-order valence-corrected chi connectivity index (χ2v) is 9.86. The fourth-order valence-electron chi connectivity index (χ4n) is 4.28. The van der Waals surface area contributed by atoms with Gasteiger partial charge in [-0.15, -0.1) is 11.3 Å². The van der Waals surface area contributed by atoms with Crippen LogP contribution in [0.1, 0.15) is 22.9 Å². The number of alkyl halides is 5. The molecule has 1 aromatic heterocycles. The molecule has 1 unspecified atom stereocenters. The summed E-state index contributed by atoms with van der Waals surface area (Å²) < 4.78 is 67.4. The minimum Gasteiger partial charge on any atom is -0.372 e. The predicted molar refractivity (Wildman–Crippen MR) is 125 cm³/mol. The molecule has 4 rings (SSSR count). The predicted octanol–water partition coefficient (Wildman–Crippen LogP) is 5.53. The minimum atomic E-state index is -5.53. The van der Waals surface area contributed by atoms with Crippen molar-refractivity contribution in [2.24, 2.45) is 0 Å². The molecule has 10 heteroatoms. The van der Waals surface area contributed by atoms with Crippen molar-refractivity contribution in [1.29, 1.82) is 0 Å². The van der Waals surface area contributed by atoms with E-state index in [1.807, 2.05) is 36.0 Å². The van der Waals surface area contributed by atoms with Gasteiger partial charge in [-0.25, -0.2) is 8.78 Å². The van der Waals surface area contributed by atoms with E-state index in [-0.39, 0.29) is 6.92 Å². The van der Waals surface area contributed by atoms with E-state index < -0.39 is 23.3 Å². The highest BCUT2D eigenvalue weighted by molar-refractivity contribution is 7.09. The van der Waals surface area contributed by atoms with Crippen molar-refractivity contribution < 1.29 is 27.1 Å². The lowest BCUT2D eigenvalue weighted by Gasteiger charge is -2.35. The first-order valence-corrected chi connectivity index (χ1v) is 12.0. The van der Waals surface area contributed by atoms with Crippen LogP contribution < -0.4 is 0 Å². The maximum Gasteiger partial charge on any atom is 0.427 e. The van der Waals surface area contributed by atoms with E-state index in [2.05, 4.69) is 14.8 Å². The number of aliphatic hydroxyl groups is 1. The zero-order chi connectivity index (χ0) is 25.3. The lowest BCUT2D eigenvalue weighted by atomic mass is 9.86. The molecule has 35 heavy (non-hydrogen) atoms. The maximum absolute atomic E-state index is 13.7. The van der Waals surface area contributed by atoms with Crippen LogP contribution >= 0.6 is 11.3 Å². The molecule has 1 atom stereocenters. The summed E-state index contributed by atoms with van der Waals surface area (Å²) in [6.45, 7) is 5.62. The van der Waals surface area contributed by atoms with Crippen molar-refractivity contribution >= 4 is 11.3 Å². The highest BCUT2D eigenvalue weighted by Crippen LogP contribution is 2.49. The first-order valence-electron chi connectivity index (χ1n) is 11.2. The van der Waals surface area contributed by atoms with Gasteiger partial charge in [-0.2, -0.15) is 13.2 Å². The zero-order valence-corrected chi connectivity index (χ0v) is 19.9. The molecule has 3 aromatic rings. The topological polar surface area (TPSA) is 39.6 Å². The second-order valence-electron chi connectivity index (χ2n) is 8.89. The Bertz CT molecular complexity index is 1070. The Labute approximate surface area is 204 Å².